The van der Waals surface area contributed by atoms with Crippen LogP contribution in [0.1, 0.15) is 18.4 Å². The van der Waals surface area contributed by atoms with Gasteiger partial charge in [-0.2, -0.15) is 0 Å². The minimum atomic E-state index is -0.0210. The second-order valence-electron chi connectivity index (χ2n) is 5.77. The first kappa shape index (κ1) is 16.1. The lowest BCUT2D eigenvalue weighted by Crippen LogP contribution is -2.28. The Bertz CT molecular complexity index is 795. The third kappa shape index (κ3) is 3.44. The number of benzene rings is 1. The fraction of sp³-hybridized carbons (Fsp3) is 0.278. The summed E-state index contributed by atoms with van der Waals surface area (Å²) in [4.78, 5) is 16.6. The standard InChI is InChI=1S/C18H20N4O2/c19-9-16(10-20)13-1-2-14-11-21-17(8-15(14)7-13)22-18(23)12-3-5-24-6-4-12/h1-2,7-12,19H,3-6,20H2,(H,21,22,23)/b16-10+,19-9?. The van der Waals surface area contributed by atoms with Gasteiger partial charge in [0.15, 0.2) is 0 Å². The summed E-state index contributed by atoms with van der Waals surface area (Å²) in [6, 6.07) is 7.60. The molecule has 1 aliphatic heterocycles. The molecule has 6 nitrogen and oxygen atoms in total. The number of hydrogen-bond acceptors (Lipinski definition) is 5. The van der Waals surface area contributed by atoms with Gasteiger partial charge >= 0.3 is 0 Å². The number of allylic oxidation sites excluding steroid dienone is 1. The fourth-order valence-electron chi connectivity index (χ4n) is 2.80. The fourth-order valence-corrected chi connectivity index (χ4v) is 2.80. The minimum absolute atomic E-state index is 0.0108. The molecule has 24 heavy (non-hydrogen) atoms. The lowest BCUT2D eigenvalue weighted by molar-refractivity contribution is -0.122. The number of fused-ring (bicyclic) bond motifs is 1. The number of nitrogens with zero attached hydrogens (tertiary/aromatic N) is 1. The van der Waals surface area contributed by atoms with Crippen LogP contribution >= 0.6 is 0 Å². The molecule has 4 N–H and O–H groups in total. The van der Waals surface area contributed by atoms with E-state index >= 15 is 0 Å². The molecule has 2 heterocycles. The number of aromatic nitrogens is 1. The topological polar surface area (TPSA) is 101 Å². The molecule has 124 valence electrons. The summed E-state index contributed by atoms with van der Waals surface area (Å²) in [5.74, 6) is 0.500. The first-order valence-electron chi connectivity index (χ1n) is 7.92. The first-order valence-corrected chi connectivity index (χ1v) is 7.92. The van der Waals surface area contributed by atoms with Crippen molar-refractivity contribution in [1.29, 1.82) is 5.41 Å². The van der Waals surface area contributed by atoms with Gasteiger partial charge in [-0.25, -0.2) is 4.98 Å². The molecule has 3 rings (SSSR count). The average Bonchev–Trinajstić information content (AvgIpc) is 2.63. The molecule has 1 aromatic heterocycles. The highest BCUT2D eigenvalue weighted by atomic mass is 16.5. The Hall–Kier alpha value is -2.73. The molecular formula is C18H20N4O2. The molecule has 1 fully saturated rings. The maximum Gasteiger partial charge on any atom is 0.228 e. The van der Waals surface area contributed by atoms with Crippen LogP contribution in [0.3, 0.4) is 0 Å². The third-order valence-electron chi connectivity index (χ3n) is 4.23. The molecule has 2 aromatic rings. The van der Waals surface area contributed by atoms with Crippen molar-refractivity contribution < 1.29 is 9.53 Å². The van der Waals surface area contributed by atoms with E-state index in [1.807, 2.05) is 24.3 Å². The largest absolute Gasteiger partial charge is 0.404 e. The van der Waals surface area contributed by atoms with Crippen molar-refractivity contribution in [2.45, 2.75) is 12.8 Å². The van der Waals surface area contributed by atoms with E-state index in [0.717, 1.165) is 29.2 Å². The lowest BCUT2D eigenvalue weighted by atomic mass is 9.99. The molecule has 0 unspecified atom stereocenters. The number of ether oxygens (including phenoxy) is 1. The Balaban J connectivity index is 1.84. The van der Waals surface area contributed by atoms with Crippen LogP contribution in [0.4, 0.5) is 5.82 Å². The van der Waals surface area contributed by atoms with Crippen LogP contribution in [0.15, 0.2) is 36.7 Å². The van der Waals surface area contributed by atoms with Crippen molar-refractivity contribution in [3.8, 4) is 0 Å². The van der Waals surface area contributed by atoms with Gasteiger partial charge in [-0.3, -0.25) is 4.79 Å². The van der Waals surface area contributed by atoms with E-state index in [2.05, 4.69) is 10.3 Å². The quantitative estimate of drug-likeness (QED) is 0.752. The average molecular weight is 324 g/mol. The van der Waals surface area contributed by atoms with Gasteiger partial charge in [0.2, 0.25) is 5.91 Å². The second-order valence-corrected chi connectivity index (χ2v) is 5.77. The third-order valence-corrected chi connectivity index (χ3v) is 4.23. The van der Waals surface area contributed by atoms with E-state index in [4.69, 9.17) is 15.9 Å². The maximum atomic E-state index is 12.3. The Morgan fingerprint density at radius 2 is 2.08 bits per heavy atom. The van der Waals surface area contributed by atoms with Crippen LogP contribution in [0.2, 0.25) is 0 Å². The van der Waals surface area contributed by atoms with Gasteiger partial charge in [-0.1, -0.05) is 12.1 Å². The molecule has 1 aromatic carbocycles. The van der Waals surface area contributed by atoms with E-state index in [9.17, 15) is 4.79 Å². The van der Waals surface area contributed by atoms with Gasteiger partial charge in [0.1, 0.15) is 5.82 Å². The molecule has 0 aliphatic carbocycles. The number of rotatable bonds is 4. The van der Waals surface area contributed by atoms with E-state index in [1.54, 1.807) is 6.20 Å². The Labute approximate surface area is 140 Å². The second kappa shape index (κ2) is 7.23. The highest BCUT2D eigenvalue weighted by molar-refractivity contribution is 6.09. The van der Waals surface area contributed by atoms with E-state index < -0.39 is 0 Å². The van der Waals surface area contributed by atoms with Gasteiger partial charge in [0.05, 0.1) is 0 Å². The van der Waals surface area contributed by atoms with Gasteiger partial charge in [0, 0.05) is 48.7 Å². The lowest BCUT2D eigenvalue weighted by Gasteiger charge is -2.21. The number of anilines is 1. The van der Waals surface area contributed by atoms with E-state index in [1.165, 1.54) is 12.4 Å². The van der Waals surface area contributed by atoms with E-state index in [0.29, 0.717) is 24.6 Å². The summed E-state index contributed by atoms with van der Waals surface area (Å²) in [7, 11) is 0. The van der Waals surface area contributed by atoms with Crippen LogP contribution in [-0.4, -0.2) is 30.3 Å². The number of carbonyl (C=O) groups excluding carboxylic acids is 1. The van der Waals surface area contributed by atoms with Crippen molar-refractivity contribution >= 4 is 34.3 Å². The van der Waals surface area contributed by atoms with Crippen molar-refractivity contribution in [3.63, 3.8) is 0 Å². The van der Waals surface area contributed by atoms with Crippen molar-refractivity contribution in [2.24, 2.45) is 11.7 Å². The zero-order chi connectivity index (χ0) is 16.9. The van der Waals surface area contributed by atoms with Gasteiger partial charge < -0.3 is 21.2 Å². The highest BCUT2D eigenvalue weighted by Crippen LogP contribution is 2.23. The number of carbonyl (C=O) groups is 1. The summed E-state index contributed by atoms with van der Waals surface area (Å²) in [5, 5.41) is 12.2. The number of hydrogen-bond donors (Lipinski definition) is 3. The Morgan fingerprint density at radius 3 is 2.79 bits per heavy atom. The zero-order valence-electron chi connectivity index (χ0n) is 13.3. The summed E-state index contributed by atoms with van der Waals surface area (Å²) >= 11 is 0. The molecule has 0 radical (unpaired) electrons. The van der Waals surface area contributed by atoms with Crippen LogP contribution < -0.4 is 11.1 Å². The highest BCUT2D eigenvalue weighted by Gasteiger charge is 2.21. The molecule has 6 heteroatoms. The maximum absolute atomic E-state index is 12.3. The summed E-state index contributed by atoms with van der Waals surface area (Å²) in [5.41, 5.74) is 7.04. The molecule has 0 saturated carbocycles. The Morgan fingerprint density at radius 1 is 1.29 bits per heavy atom. The van der Waals surface area contributed by atoms with Crippen LogP contribution in [-0.2, 0) is 9.53 Å². The van der Waals surface area contributed by atoms with Crippen LogP contribution in [0, 0.1) is 11.3 Å². The predicted octanol–water partition coefficient (Wildman–Crippen LogP) is 2.55. The van der Waals surface area contributed by atoms with Crippen molar-refractivity contribution in [2.75, 3.05) is 18.5 Å². The monoisotopic (exact) mass is 324 g/mol. The van der Waals surface area contributed by atoms with Gasteiger partial charge in [-0.15, -0.1) is 0 Å². The Kier molecular flexibility index (Phi) is 4.86. The number of amides is 1. The predicted molar refractivity (Wildman–Crippen MR) is 94.9 cm³/mol. The molecule has 1 saturated heterocycles. The van der Waals surface area contributed by atoms with Gasteiger partial charge in [-0.05, 0) is 35.9 Å². The van der Waals surface area contributed by atoms with Gasteiger partial charge in [0.25, 0.3) is 0 Å². The summed E-state index contributed by atoms with van der Waals surface area (Å²) in [6.07, 6.45) is 5.84. The van der Waals surface area contributed by atoms with E-state index in [-0.39, 0.29) is 11.8 Å². The number of nitrogens with two attached hydrogens (primary N) is 1. The number of pyridine rings is 1. The van der Waals surface area contributed by atoms with Crippen LogP contribution in [0.5, 0.6) is 0 Å². The molecular weight excluding hydrogens is 304 g/mol. The summed E-state index contributed by atoms with van der Waals surface area (Å²) in [6.45, 7) is 1.26. The minimum Gasteiger partial charge on any atom is -0.404 e. The first-order chi connectivity index (χ1) is 11.7. The zero-order valence-corrected chi connectivity index (χ0v) is 13.3. The van der Waals surface area contributed by atoms with Crippen LogP contribution in [0.25, 0.3) is 16.3 Å². The molecule has 0 bridgehead atoms. The molecule has 1 aliphatic rings. The number of nitrogens with one attached hydrogen (secondary N) is 2. The summed E-state index contributed by atoms with van der Waals surface area (Å²) < 4.78 is 5.29. The van der Waals surface area contributed by atoms with Crippen molar-refractivity contribution in [3.05, 3.63) is 42.2 Å². The normalized spacial score (nSPS) is 16.1. The molecule has 0 spiro atoms. The van der Waals surface area contributed by atoms with Crippen molar-refractivity contribution in [1.82, 2.24) is 4.98 Å². The SMILES string of the molecule is N=C/C(=C\N)c1ccc2cnc(NC(=O)C3CCOCC3)cc2c1. The molecule has 0 atom stereocenters. The molecule has 1 amide bonds. The smallest absolute Gasteiger partial charge is 0.228 e.